The summed E-state index contributed by atoms with van der Waals surface area (Å²) in [7, 11) is 0. The Hall–Kier alpha value is -4.45. The fourth-order valence-electron chi connectivity index (χ4n) is 8.89. The Bertz CT molecular complexity index is 1700. The van der Waals surface area contributed by atoms with Gasteiger partial charge in [0.2, 0.25) is 0 Å². The van der Waals surface area contributed by atoms with Gasteiger partial charge in [0, 0.05) is 19.3 Å². The highest BCUT2D eigenvalue weighted by Crippen LogP contribution is 2.15. The molecule has 1 atom stereocenters. The molecule has 6 heteroatoms. The SMILES string of the molecule is CC/C=C\C/C=C\C/C=C\C/C=C\C/C=C\C/C=C\C/C=C\CCCCCCCCCCCC(=O)OCC(COC(=O)CCCCCCC/C=C\C/C=C\CCCCC)OC(=O)CCCCCCC/C=C\C/C=C\CCCCCC. The van der Waals surface area contributed by atoms with E-state index in [1.54, 1.807) is 0 Å². The normalized spacial score (nSPS) is 13.0. The van der Waals surface area contributed by atoms with Crippen molar-refractivity contribution in [2.45, 2.75) is 303 Å². The van der Waals surface area contributed by atoms with E-state index in [1.165, 1.54) is 96.3 Å². The number of esters is 3. The van der Waals surface area contributed by atoms with Gasteiger partial charge in [0.15, 0.2) is 6.10 Å². The molecule has 0 amide bonds. The third-order valence-corrected chi connectivity index (χ3v) is 13.9. The van der Waals surface area contributed by atoms with E-state index in [0.717, 1.165) is 161 Å². The van der Waals surface area contributed by atoms with Crippen molar-refractivity contribution in [3.63, 3.8) is 0 Å². The van der Waals surface area contributed by atoms with Crippen LogP contribution in [0.5, 0.6) is 0 Å². The van der Waals surface area contributed by atoms with E-state index in [-0.39, 0.29) is 31.1 Å². The number of carbonyl (C=O) groups excluding carboxylic acids is 3. The van der Waals surface area contributed by atoms with Crippen LogP contribution in [0.2, 0.25) is 0 Å². The van der Waals surface area contributed by atoms with Gasteiger partial charge in [0.05, 0.1) is 0 Å². The average Bonchev–Trinajstić information content (AvgIpc) is 3.46. The second-order valence-corrected chi connectivity index (χ2v) is 21.6. The highest BCUT2D eigenvalue weighted by Gasteiger charge is 2.19. The van der Waals surface area contributed by atoms with E-state index in [0.29, 0.717) is 19.3 Å². The summed E-state index contributed by atoms with van der Waals surface area (Å²) < 4.78 is 16.9. The lowest BCUT2D eigenvalue weighted by molar-refractivity contribution is -0.167. The average molecular weight is 1110 g/mol. The molecule has 0 N–H and O–H groups in total. The van der Waals surface area contributed by atoms with Gasteiger partial charge in [-0.1, -0.05) is 270 Å². The van der Waals surface area contributed by atoms with Crippen molar-refractivity contribution in [2.24, 2.45) is 0 Å². The third-order valence-electron chi connectivity index (χ3n) is 13.9. The molecule has 0 saturated heterocycles. The number of unbranched alkanes of at least 4 members (excludes halogenated alkanes) is 26. The van der Waals surface area contributed by atoms with Crippen molar-refractivity contribution < 1.29 is 28.6 Å². The second-order valence-electron chi connectivity index (χ2n) is 21.6. The largest absolute Gasteiger partial charge is 0.462 e. The zero-order chi connectivity index (χ0) is 57.8. The van der Waals surface area contributed by atoms with Crippen LogP contribution < -0.4 is 0 Å². The Morgan fingerprint density at radius 3 is 0.787 bits per heavy atom. The molecule has 0 aliphatic carbocycles. The molecule has 0 radical (unpaired) electrons. The van der Waals surface area contributed by atoms with Gasteiger partial charge in [-0.2, -0.15) is 0 Å². The van der Waals surface area contributed by atoms with Gasteiger partial charge >= 0.3 is 17.9 Å². The highest BCUT2D eigenvalue weighted by atomic mass is 16.6. The molecule has 0 rings (SSSR count). The van der Waals surface area contributed by atoms with Gasteiger partial charge in [-0.05, 0) is 141 Å². The fourth-order valence-corrected chi connectivity index (χ4v) is 8.89. The van der Waals surface area contributed by atoms with Crippen LogP contribution in [0, 0.1) is 0 Å². The van der Waals surface area contributed by atoms with E-state index < -0.39 is 6.10 Å². The summed E-state index contributed by atoms with van der Waals surface area (Å²) in [5, 5.41) is 0. The Labute approximate surface area is 494 Å². The molecule has 1 unspecified atom stereocenters. The number of ether oxygens (including phenoxy) is 3. The van der Waals surface area contributed by atoms with E-state index in [9.17, 15) is 14.4 Å². The minimum atomic E-state index is -0.799. The molecular formula is C74H122O6. The van der Waals surface area contributed by atoms with E-state index in [2.05, 4.69) is 154 Å². The van der Waals surface area contributed by atoms with Crippen LogP contribution in [-0.2, 0) is 28.6 Å². The molecule has 0 aromatic carbocycles. The number of carbonyl (C=O) groups is 3. The Kier molecular flexibility index (Phi) is 63.3. The van der Waals surface area contributed by atoms with Crippen LogP contribution in [0.4, 0.5) is 0 Å². The molecule has 0 heterocycles. The second kappa shape index (κ2) is 67.1. The molecule has 0 aliphatic rings. The lowest BCUT2D eigenvalue weighted by Gasteiger charge is -2.18. The van der Waals surface area contributed by atoms with E-state index >= 15 is 0 Å². The lowest BCUT2D eigenvalue weighted by atomic mass is 10.1. The highest BCUT2D eigenvalue weighted by molar-refractivity contribution is 5.71. The van der Waals surface area contributed by atoms with Gasteiger partial charge in [0.25, 0.3) is 0 Å². The Balaban J connectivity index is 4.34. The minimum Gasteiger partial charge on any atom is -0.462 e. The summed E-state index contributed by atoms with van der Waals surface area (Å²) in [5.74, 6) is -0.924. The van der Waals surface area contributed by atoms with Gasteiger partial charge in [-0.3, -0.25) is 14.4 Å². The van der Waals surface area contributed by atoms with Crippen LogP contribution in [0.3, 0.4) is 0 Å². The minimum absolute atomic E-state index is 0.0942. The Morgan fingerprint density at radius 1 is 0.263 bits per heavy atom. The summed E-state index contributed by atoms with van der Waals surface area (Å²) >= 11 is 0. The molecule has 6 nitrogen and oxygen atoms in total. The van der Waals surface area contributed by atoms with Crippen molar-refractivity contribution in [2.75, 3.05) is 13.2 Å². The summed E-state index contributed by atoms with van der Waals surface area (Å²) in [6.07, 6.45) is 94.5. The molecule has 0 saturated carbocycles. The molecule has 454 valence electrons. The first-order valence-corrected chi connectivity index (χ1v) is 33.2. The number of hydrogen-bond acceptors (Lipinski definition) is 6. The predicted molar refractivity (Wildman–Crippen MR) is 348 cm³/mol. The monoisotopic (exact) mass is 1110 g/mol. The van der Waals surface area contributed by atoms with Gasteiger partial charge in [-0.15, -0.1) is 0 Å². The van der Waals surface area contributed by atoms with Crippen LogP contribution in [0.25, 0.3) is 0 Å². The standard InChI is InChI=1S/C74H122O6/c1-4-7-10-13-16-19-22-25-28-30-31-32-33-34-35-36-37-38-39-40-41-42-43-44-47-49-52-55-58-61-64-67-73(76)79-70-71(69-78-72(75)66-63-60-57-54-51-48-45-27-24-21-18-15-12-9-6-3)80-74(77)68-65-62-59-56-53-50-46-29-26-23-20-17-14-11-8-5-2/h7,10,16,18-21,23,25,27-29,31-32,34-35,37-38,40-41,45-46,71H,4-6,8-9,11-15,17,22,24,26,30,33,36,39,42-44,47-70H2,1-3H3/b10-7-,19-16-,21-18-,23-20-,28-25-,32-31-,35-34-,38-37-,41-40-,45-27-,46-29-. The van der Waals surface area contributed by atoms with Crippen molar-refractivity contribution in [1.82, 2.24) is 0 Å². The first-order chi connectivity index (χ1) is 39.5. The van der Waals surface area contributed by atoms with Crippen molar-refractivity contribution in [3.8, 4) is 0 Å². The van der Waals surface area contributed by atoms with Crippen LogP contribution >= 0.6 is 0 Å². The molecule has 0 spiro atoms. The molecular weight excluding hydrogens is 985 g/mol. The predicted octanol–water partition coefficient (Wildman–Crippen LogP) is 22.9. The van der Waals surface area contributed by atoms with Crippen LogP contribution in [0.15, 0.2) is 134 Å². The zero-order valence-corrected chi connectivity index (χ0v) is 52.0. The first kappa shape index (κ1) is 75.5. The molecule has 0 aromatic rings. The number of allylic oxidation sites excluding steroid dienone is 22. The number of rotatable bonds is 59. The summed E-state index contributed by atoms with van der Waals surface area (Å²) in [6.45, 7) is 6.46. The molecule has 0 aliphatic heterocycles. The molecule has 0 aromatic heterocycles. The van der Waals surface area contributed by atoms with Crippen LogP contribution in [0.1, 0.15) is 297 Å². The summed E-state index contributed by atoms with van der Waals surface area (Å²) in [6, 6.07) is 0. The van der Waals surface area contributed by atoms with E-state index in [4.69, 9.17) is 14.2 Å². The number of hydrogen-bond donors (Lipinski definition) is 0. The fraction of sp³-hybridized carbons (Fsp3) is 0.662. The third kappa shape index (κ3) is 64.4. The van der Waals surface area contributed by atoms with Gasteiger partial charge in [0.1, 0.15) is 13.2 Å². The van der Waals surface area contributed by atoms with E-state index in [1.807, 2.05) is 0 Å². The quantitative estimate of drug-likeness (QED) is 0.0261. The molecule has 0 fully saturated rings. The zero-order valence-electron chi connectivity index (χ0n) is 52.0. The van der Waals surface area contributed by atoms with Crippen molar-refractivity contribution in [1.29, 1.82) is 0 Å². The first-order valence-electron chi connectivity index (χ1n) is 33.2. The van der Waals surface area contributed by atoms with Crippen LogP contribution in [-0.4, -0.2) is 37.2 Å². The summed E-state index contributed by atoms with van der Waals surface area (Å²) in [5.41, 5.74) is 0. The lowest BCUT2D eigenvalue weighted by Crippen LogP contribution is -2.30. The Morgan fingerprint density at radius 2 is 0.487 bits per heavy atom. The molecule has 0 bridgehead atoms. The maximum absolute atomic E-state index is 12.9. The smallest absolute Gasteiger partial charge is 0.306 e. The maximum atomic E-state index is 12.9. The summed E-state index contributed by atoms with van der Waals surface area (Å²) in [4.78, 5) is 38.3. The maximum Gasteiger partial charge on any atom is 0.306 e. The molecule has 80 heavy (non-hydrogen) atoms. The van der Waals surface area contributed by atoms with Gasteiger partial charge in [-0.25, -0.2) is 0 Å². The topological polar surface area (TPSA) is 78.9 Å². The van der Waals surface area contributed by atoms with Crippen molar-refractivity contribution >= 4 is 17.9 Å². The van der Waals surface area contributed by atoms with Gasteiger partial charge < -0.3 is 14.2 Å². The van der Waals surface area contributed by atoms with Crippen molar-refractivity contribution in [3.05, 3.63) is 134 Å².